The van der Waals surface area contributed by atoms with Crippen molar-refractivity contribution in [2.45, 2.75) is 37.7 Å². The molecule has 3 N–H and O–H groups in total. The van der Waals surface area contributed by atoms with Crippen LogP contribution in [0, 0.1) is 0 Å². The Morgan fingerprint density at radius 1 is 1.38 bits per heavy atom. The minimum absolute atomic E-state index is 0.316. The number of benzene rings is 1. The summed E-state index contributed by atoms with van der Waals surface area (Å²) in [6, 6.07) is 4.78. The maximum atomic E-state index is 12.2. The van der Waals surface area contributed by atoms with Crippen molar-refractivity contribution in [1.82, 2.24) is 0 Å². The second-order valence-electron chi connectivity index (χ2n) is 4.89. The smallest absolute Gasteiger partial charge is 0.242 e. The number of ether oxygens (including phenoxy) is 1. The quantitative estimate of drug-likeness (QED) is 0.780. The monoisotopic (exact) mass is 314 g/mol. The van der Waals surface area contributed by atoms with Crippen molar-refractivity contribution < 1.29 is 17.9 Å². The highest BCUT2D eigenvalue weighted by atomic mass is 32.2. The minimum atomic E-state index is -3.51. The number of nitrogens with two attached hydrogens (primary N) is 1. The van der Waals surface area contributed by atoms with Gasteiger partial charge < -0.3 is 15.8 Å². The average molecular weight is 314 g/mol. The SMILES string of the molecule is CCC(C)S(=O)(=O)C(C)C(=O)Nc1ccc(OC)cc1N. The molecule has 0 radical (unpaired) electrons. The summed E-state index contributed by atoms with van der Waals surface area (Å²) in [7, 11) is -2.00. The standard InChI is InChI=1S/C14H22N2O4S/c1-5-9(2)21(18,19)10(3)14(17)16-13-7-6-11(20-4)8-12(13)15/h6-10H,5,15H2,1-4H3,(H,16,17). The van der Waals surface area contributed by atoms with Gasteiger partial charge in [0.25, 0.3) is 0 Å². The van der Waals surface area contributed by atoms with Crippen molar-refractivity contribution in [3.8, 4) is 5.75 Å². The molecule has 1 rings (SSSR count). The molecule has 0 fully saturated rings. The Labute approximate surface area is 125 Å². The first-order valence-electron chi connectivity index (χ1n) is 6.71. The van der Waals surface area contributed by atoms with Crippen LogP contribution < -0.4 is 15.8 Å². The van der Waals surface area contributed by atoms with Crippen LogP contribution >= 0.6 is 0 Å². The van der Waals surface area contributed by atoms with Crippen LogP contribution in [0.5, 0.6) is 5.75 Å². The van der Waals surface area contributed by atoms with E-state index in [1.165, 1.54) is 14.0 Å². The molecule has 0 bridgehead atoms. The lowest BCUT2D eigenvalue weighted by Gasteiger charge is -2.18. The molecule has 0 saturated heterocycles. The van der Waals surface area contributed by atoms with E-state index in [0.717, 1.165) is 0 Å². The number of nitrogen functional groups attached to an aromatic ring is 1. The van der Waals surface area contributed by atoms with E-state index in [9.17, 15) is 13.2 Å². The first-order valence-corrected chi connectivity index (χ1v) is 8.32. The van der Waals surface area contributed by atoms with Gasteiger partial charge in [-0.1, -0.05) is 6.92 Å². The number of methoxy groups -OCH3 is 1. The Hall–Kier alpha value is -1.76. The number of rotatable bonds is 6. The van der Waals surface area contributed by atoms with Crippen molar-refractivity contribution in [2.24, 2.45) is 0 Å². The fourth-order valence-corrected chi connectivity index (χ4v) is 3.26. The Morgan fingerprint density at radius 3 is 2.48 bits per heavy atom. The van der Waals surface area contributed by atoms with E-state index in [2.05, 4.69) is 5.32 Å². The molecule has 0 aliphatic carbocycles. The third-order valence-electron chi connectivity index (χ3n) is 3.51. The van der Waals surface area contributed by atoms with Gasteiger partial charge in [0.15, 0.2) is 9.84 Å². The van der Waals surface area contributed by atoms with E-state index in [4.69, 9.17) is 10.5 Å². The molecule has 21 heavy (non-hydrogen) atoms. The lowest BCUT2D eigenvalue weighted by molar-refractivity contribution is -0.115. The van der Waals surface area contributed by atoms with E-state index in [0.29, 0.717) is 23.5 Å². The highest BCUT2D eigenvalue weighted by Crippen LogP contribution is 2.25. The van der Waals surface area contributed by atoms with Gasteiger partial charge in [0.1, 0.15) is 11.0 Å². The van der Waals surface area contributed by atoms with Crippen LogP contribution in [-0.2, 0) is 14.6 Å². The lowest BCUT2D eigenvalue weighted by Crippen LogP contribution is -2.37. The van der Waals surface area contributed by atoms with Gasteiger partial charge in [-0.15, -0.1) is 0 Å². The van der Waals surface area contributed by atoms with Crippen molar-refractivity contribution >= 4 is 27.1 Å². The number of carbonyl (C=O) groups is 1. The second-order valence-corrected chi connectivity index (χ2v) is 7.58. The minimum Gasteiger partial charge on any atom is -0.497 e. The van der Waals surface area contributed by atoms with Gasteiger partial charge in [-0.05, 0) is 32.4 Å². The molecule has 1 aromatic rings. The maximum absolute atomic E-state index is 12.2. The fourth-order valence-electron chi connectivity index (χ4n) is 1.75. The summed E-state index contributed by atoms with van der Waals surface area (Å²) in [4.78, 5) is 12.1. The average Bonchev–Trinajstić information content (AvgIpc) is 2.47. The first kappa shape index (κ1) is 17.3. The molecule has 1 aromatic carbocycles. The van der Waals surface area contributed by atoms with Crippen LogP contribution in [0.15, 0.2) is 18.2 Å². The zero-order valence-corrected chi connectivity index (χ0v) is 13.5. The van der Waals surface area contributed by atoms with Crippen molar-refractivity contribution in [2.75, 3.05) is 18.2 Å². The number of amides is 1. The van der Waals surface area contributed by atoms with Crippen molar-refractivity contribution in [3.63, 3.8) is 0 Å². The Morgan fingerprint density at radius 2 is 2.00 bits per heavy atom. The van der Waals surface area contributed by atoms with Crippen LogP contribution in [0.4, 0.5) is 11.4 Å². The molecular weight excluding hydrogens is 292 g/mol. The van der Waals surface area contributed by atoms with Gasteiger partial charge in [0, 0.05) is 6.07 Å². The van der Waals surface area contributed by atoms with Crippen molar-refractivity contribution in [3.05, 3.63) is 18.2 Å². The normalized spacial score (nSPS) is 14.3. The molecular formula is C14H22N2O4S. The molecule has 0 saturated carbocycles. The van der Waals surface area contributed by atoms with E-state index >= 15 is 0 Å². The fraction of sp³-hybridized carbons (Fsp3) is 0.500. The molecule has 0 aliphatic heterocycles. The van der Waals surface area contributed by atoms with Crippen LogP contribution in [0.2, 0.25) is 0 Å². The number of carbonyl (C=O) groups excluding carboxylic acids is 1. The van der Waals surface area contributed by atoms with Crippen LogP contribution in [0.3, 0.4) is 0 Å². The summed E-state index contributed by atoms with van der Waals surface area (Å²) in [6.07, 6.45) is 0.463. The highest BCUT2D eigenvalue weighted by Gasteiger charge is 2.32. The zero-order chi connectivity index (χ0) is 16.2. The Kier molecular flexibility index (Phi) is 5.60. The third kappa shape index (κ3) is 3.87. The molecule has 1 amide bonds. The third-order valence-corrected chi connectivity index (χ3v) is 6.17. The molecule has 7 heteroatoms. The van der Waals surface area contributed by atoms with E-state index < -0.39 is 26.2 Å². The molecule has 0 aromatic heterocycles. The van der Waals surface area contributed by atoms with Crippen LogP contribution in [-0.4, -0.2) is 31.9 Å². The lowest BCUT2D eigenvalue weighted by atomic mass is 10.2. The number of nitrogens with one attached hydrogen (secondary N) is 1. The van der Waals surface area contributed by atoms with Gasteiger partial charge in [-0.25, -0.2) is 8.42 Å². The predicted octanol–water partition coefficient (Wildman–Crippen LogP) is 1.82. The molecule has 0 aliphatic rings. The molecule has 2 unspecified atom stereocenters. The summed E-state index contributed by atoms with van der Waals surface area (Å²) < 4.78 is 29.3. The van der Waals surface area contributed by atoms with Gasteiger partial charge in [0.2, 0.25) is 5.91 Å². The molecule has 0 spiro atoms. The van der Waals surface area contributed by atoms with Crippen LogP contribution in [0.1, 0.15) is 27.2 Å². The van der Waals surface area contributed by atoms with E-state index in [1.54, 1.807) is 32.0 Å². The first-order chi connectivity index (χ1) is 9.73. The Balaban J connectivity index is 2.91. The Bertz CT molecular complexity index is 613. The molecule has 6 nitrogen and oxygen atoms in total. The number of anilines is 2. The second kappa shape index (κ2) is 6.80. The number of hydrogen-bond donors (Lipinski definition) is 2. The topological polar surface area (TPSA) is 98.5 Å². The van der Waals surface area contributed by atoms with Gasteiger partial charge in [-0.2, -0.15) is 0 Å². The number of hydrogen-bond acceptors (Lipinski definition) is 5. The summed E-state index contributed by atoms with van der Waals surface area (Å²) >= 11 is 0. The zero-order valence-electron chi connectivity index (χ0n) is 12.7. The van der Waals surface area contributed by atoms with Crippen molar-refractivity contribution in [1.29, 1.82) is 0 Å². The summed E-state index contributed by atoms with van der Waals surface area (Å²) in [5.41, 5.74) is 6.48. The van der Waals surface area contributed by atoms with Gasteiger partial charge >= 0.3 is 0 Å². The summed E-state index contributed by atoms with van der Waals surface area (Å²) in [5, 5.41) is 0.854. The predicted molar refractivity (Wildman–Crippen MR) is 84.2 cm³/mol. The van der Waals surface area contributed by atoms with E-state index in [-0.39, 0.29) is 0 Å². The van der Waals surface area contributed by atoms with Gasteiger partial charge in [0.05, 0.1) is 23.7 Å². The van der Waals surface area contributed by atoms with E-state index in [1.807, 2.05) is 0 Å². The highest BCUT2D eigenvalue weighted by molar-refractivity contribution is 7.93. The maximum Gasteiger partial charge on any atom is 0.242 e. The summed E-state index contributed by atoms with van der Waals surface area (Å²) in [6.45, 7) is 4.76. The molecule has 0 heterocycles. The molecule has 118 valence electrons. The largest absolute Gasteiger partial charge is 0.497 e. The van der Waals surface area contributed by atoms with Gasteiger partial charge in [-0.3, -0.25) is 4.79 Å². The molecule has 2 atom stereocenters. The summed E-state index contributed by atoms with van der Waals surface area (Å²) in [5.74, 6) is -0.0297. The number of sulfone groups is 1. The van der Waals surface area contributed by atoms with Crippen LogP contribution in [0.25, 0.3) is 0 Å².